The van der Waals surface area contributed by atoms with E-state index in [1.54, 1.807) is 0 Å². The van der Waals surface area contributed by atoms with Gasteiger partial charge in [0, 0.05) is 31.6 Å². The molecule has 25 heavy (non-hydrogen) atoms. The fourth-order valence-electron chi connectivity index (χ4n) is 3.26. The number of hydrogen-bond donors (Lipinski definition) is 0. The number of likely N-dealkylation sites (N-methyl/N-ethyl adjacent to an activating group) is 1. The molecule has 1 saturated heterocycles. The molecule has 1 fully saturated rings. The Labute approximate surface area is 146 Å². The number of aromatic nitrogens is 3. The standard InChI is InChI=1S/C19H20N6/c1-14-17-12-15(13-20)18(24-10-8-23(2)9-11-24)21-19(17)25(22-14)16-6-4-3-5-7-16/h3-7,12H,8-11H2,1-2H3. The van der Waals surface area contributed by atoms with Gasteiger partial charge in [-0.2, -0.15) is 10.4 Å². The number of piperazine rings is 1. The first-order chi connectivity index (χ1) is 12.2. The summed E-state index contributed by atoms with van der Waals surface area (Å²) in [7, 11) is 2.12. The summed E-state index contributed by atoms with van der Waals surface area (Å²) in [5.74, 6) is 0.764. The molecular formula is C19H20N6. The predicted molar refractivity (Wildman–Crippen MR) is 98.0 cm³/mol. The highest BCUT2D eigenvalue weighted by molar-refractivity contribution is 5.84. The molecule has 4 rings (SSSR count). The van der Waals surface area contributed by atoms with E-state index in [-0.39, 0.29) is 0 Å². The maximum atomic E-state index is 9.62. The largest absolute Gasteiger partial charge is 0.353 e. The van der Waals surface area contributed by atoms with Gasteiger partial charge in [-0.15, -0.1) is 0 Å². The lowest BCUT2D eigenvalue weighted by Crippen LogP contribution is -2.45. The van der Waals surface area contributed by atoms with Gasteiger partial charge in [-0.05, 0) is 32.2 Å². The first-order valence-corrected chi connectivity index (χ1v) is 8.47. The van der Waals surface area contributed by atoms with Gasteiger partial charge in [0.25, 0.3) is 0 Å². The van der Waals surface area contributed by atoms with Crippen LogP contribution in [0.15, 0.2) is 36.4 Å². The Morgan fingerprint density at radius 2 is 1.80 bits per heavy atom. The monoisotopic (exact) mass is 332 g/mol. The van der Waals surface area contributed by atoms with E-state index >= 15 is 0 Å². The molecule has 1 aliphatic heterocycles. The van der Waals surface area contributed by atoms with Crippen LogP contribution in [0.1, 0.15) is 11.3 Å². The molecular weight excluding hydrogens is 312 g/mol. The summed E-state index contributed by atoms with van der Waals surface area (Å²) in [5.41, 5.74) is 3.28. The molecule has 1 aliphatic rings. The fourth-order valence-corrected chi connectivity index (χ4v) is 3.26. The average Bonchev–Trinajstić information content (AvgIpc) is 2.98. The van der Waals surface area contributed by atoms with Gasteiger partial charge in [0.15, 0.2) is 5.65 Å². The SMILES string of the molecule is Cc1nn(-c2ccccc2)c2nc(N3CCN(C)CC3)c(C#N)cc12. The minimum Gasteiger partial charge on any atom is -0.353 e. The maximum Gasteiger partial charge on any atom is 0.165 e. The van der Waals surface area contributed by atoms with Gasteiger partial charge in [-0.25, -0.2) is 9.67 Å². The van der Waals surface area contributed by atoms with Crippen LogP contribution < -0.4 is 4.90 Å². The molecule has 0 amide bonds. The third-order valence-electron chi connectivity index (χ3n) is 4.75. The molecule has 0 radical (unpaired) electrons. The number of nitrogens with zero attached hydrogens (tertiary/aromatic N) is 6. The third-order valence-corrected chi connectivity index (χ3v) is 4.75. The van der Waals surface area contributed by atoms with Crippen molar-refractivity contribution in [3.05, 3.63) is 47.7 Å². The first-order valence-electron chi connectivity index (χ1n) is 8.47. The number of aryl methyl sites for hydroxylation is 1. The number of pyridine rings is 1. The number of nitriles is 1. The fraction of sp³-hybridized carbons (Fsp3) is 0.316. The Hall–Kier alpha value is -2.91. The zero-order chi connectivity index (χ0) is 17.4. The molecule has 0 N–H and O–H groups in total. The minimum absolute atomic E-state index is 0.618. The van der Waals surface area contributed by atoms with Crippen molar-refractivity contribution in [2.75, 3.05) is 38.1 Å². The summed E-state index contributed by atoms with van der Waals surface area (Å²) in [5, 5.41) is 15.2. The van der Waals surface area contributed by atoms with Crippen LogP contribution in [0.5, 0.6) is 0 Å². The zero-order valence-corrected chi connectivity index (χ0v) is 14.5. The molecule has 126 valence electrons. The van der Waals surface area contributed by atoms with Gasteiger partial charge in [-0.3, -0.25) is 0 Å². The number of para-hydroxylation sites is 1. The van der Waals surface area contributed by atoms with Crippen LogP contribution in [0.3, 0.4) is 0 Å². The normalized spacial score (nSPS) is 15.5. The summed E-state index contributed by atoms with van der Waals surface area (Å²) in [4.78, 5) is 9.37. The van der Waals surface area contributed by atoms with Crippen LogP contribution in [0.4, 0.5) is 5.82 Å². The number of benzene rings is 1. The maximum absolute atomic E-state index is 9.62. The van der Waals surface area contributed by atoms with Crippen molar-refractivity contribution >= 4 is 16.9 Å². The van der Waals surface area contributed by atoms with Gasteiger partial charge in [0.05, 0.1) is 16.9 Å². The van der Waals surface area contributed by atoms with Crippen molar-refractivity contribution < 1.29 is 0 Å². The Kier molecular flexibility index (Phi) is 3.86. The van der Waals surface area contributed by atoms with Gasteiger partial charge < -0.3 is 9.80 Å². The van der Waals surface area contributed by atoms with Crippen LogP contribution >= 0.6 is 0 Å². The second kappa shape index (κ2) is 6.19. The van der Waals surface area contributed by atoms with Crippen molar-refractivity contribution in [3.8, 4) is 11.8 Å². The van der Waals surface area contributed by atoms with Gasteiger partial charge >= 0.3 is 0 Å². The van der Waals surface area contributed by atoms with E-state index in [9.17, 15) is 5.26 Å². The molecule has 0 spiro atoms. The van der Waals surface area contributed by atoms with Crippen LogP contribution in [-0.2, 0) is 0 Å². The molecule has 2 aromatic heterocycles. The summed E-state index contributed by atoms with van der Waals surface area (Å²) in [6.07, 6.45) is 0. The van der Waals surface area contributed by atoms with E-state index < -0.39 is 0 Å². The van der Waals surface area contributed by atoms with E-state index in [1.165, 1.54) is 0 Å². The molecule has 6 heteroatoms. The van der Waals surface area contributed by atoms with Crippen molar-refractivity contribution in [2.45, 2.75) is 6.92 Å². The van der Waals surface area contributed by atoms with Crippen molar-refractivity contribution in [3.63, 3.8) is 0 Å². The van der Waals surface area contributed by atoms with E-state index in [0.29, 0.717) is 5.56 Å². The molecule has 0 aliphatic carbocycles. The average molecular weight is 332 g/mol. The Morgan fingerprint density at radius 3 is 2.48 bits per heavy atom. The second-order valence-electron chi connectivity index (χ2n) is 6.47. The van der Waals surface area contributed by atoms with Gasteiger partial charge in [0.1, 0.15) is 11.9 Å². The molecule has 0 unspecified atom stereocenters. The number of anilines is 1. The van der Waals surface area contributed by atoms with Crippen LogP contribution in [0.25, 0.3) is 16.7 Å². The van der Waals surface area contributed by atoms with Gasteiger partial charge in [0.2, 0.25) is 0 Å². The van der Waals surface area contributed by atoms with Crippen LogP contribution in [0.2, 0.25) is 0 Å². The lowest BCUT2D eigenvalue weighted by molar-refractivity contribution is 0.312. The van der Waals surface area contributed by atoms with Crippen LogP contribution in [-0.4, -0.2) is 52.9 Å². The van der Waals surface area contributed by atoms with E-state index in [2.05, 4.69) is 28.0 Å². The van der Waals surface area contributed by atoms with Crippen molar-refractivity contribution in [1.82, 2.24) is 19.7 Å². The summed E-state index contributed by atoms with van der Waals surface area (Å²) >= 11 is 0. The molecule has 1 aromatic carbocycles. The highest BCUT2D eigenvalue weighted by atomic mass is 15.3. The minimum atomic E-state index is 0.618. The molecule has 0 atom stereocenters. The summed E-state index contributed by atoms with van der Waals surface area (Å²) in [6, 6.07) is 14.2. The number of fused-ring (bicyclic) bond motifs is 1. The van der Waals surface area contributed by atoms with Gasteiger partial charge in [-0.1, -0.05) is 18.2 Å². The summed E-state index contributed by atoms with van der Waals surface area (Å²) in [6.45, 7) is 5.66. The van der Waals surface area contributed by atoms with Crippen molar-refractivity contribution in [2.24, 2.45) is 0 Å². The summed E-state index contributed by atoms with van der Waals surface area (Å²) < 4.78 is 1.87. The zero-order valence-electron chi connectivity index (χ0n) is 14.5. The highest BCUT2D eigenvalue weighted by Gasteiger charge is 2.21. The van der Waals surface area contributed by atoms with E-state index in [1.807, 2.05) is 48.0 Å². The van der Waals surface area contributed by atoms with E-state index in [0.717, 1.165) is 54.4 Å². The molecule has 3 heterocycles. The molecule has 3 aromatic rings. The molecule has 6 nitrogen and oxygen atoms in total. The number of rotatable bonds is 2. The first kappa shape index (κ1) is 15.6. The Balaban J connectivity index is 1.88. The Bertz CT molecular complexity index is 945. The third kappa shape index (κ3) is 2.73. The number of hydrogen-bond acceptors (Lipinski definition) is 5. The Morgan fingerprint density at radius 1 is 1.08 bits per heavy atom. The van der Waals surface area contributed by atoms with E-state index in [4.69, 9.17) is 4.98 Å². The topological polar surface area (TPSA) is 61.0 Å². The second-order valence-corrected chi connectivity index (χ2v) is 6.47. The lowest BCUT2D eigenvalue weighted by atomic mass is 10.1. The lowest BCUT2D eigenvalue weighted by Gasteiger charge is -2.33. The molecule has 0 bridgehead atoms. The smallest absolute Gasteiger partial charge is 0.165 e. The van der Waals surface area contributed by atoms with Crippen LogP contribution in [0, 0.1) is 18.3 Å². The highest BCUT2D eigenvalue weighted by Crippen LogP contribution is 2.27. The quantitative estimate of drug-likeness (QED) is 0.721. The van der Waals surface area contributed by atoms with Crippen molar-refractivity contribution in [1.29, 1.82) is 5.26 Å². The predicted octanol–water partition coefficient (Wildman–Crippen LogP) is 2.35. The molecule has 0 saturated carbocycles.